The Kier molecular flexibility index (Phi) is 5.06. The molecule has 0 aromatic heterocycles. The van der Waals surface area contributed by atoms with E-state index in [0.717, 1.165) is 0 Å². The van der Waals surface area contributed by atoms with Crippen LogP contribution >= 0.6 is 11.6 Å². The van der Waals surface area contributed by atoms with E-state index in [4.69, 9.17) is 11.6 Å². The van der Waals surface area contributed by atoms with Crippen LogP contribution in [0.3, 0.4) is 0 Å². The number of nitrogens with one attached hydrogen (secondary N) is 2. The number of hydrogen-bond donors (Lipinski definition) is 2. The molecule has 0 fully saturated rings. The third kappa shape index (κ3) is 4.57. The van der Waals surface area contributed by atoms with Crippen LogP contribution in [-0.2, 0) is 4.79 Å². The molecule has 2 amide bonds. The van der Waals surface area contributed by atoms with Crippen molar-refractivity contribution < 1.29 is 9.59 Å². The predicted octanol–water partition coefficient (Wildman–Crippen LogP) is 4.58. The fourth-order valence-corrected chi connectivity index (χ4v) is 1.99. The predicted molar refractivity (Wildman–Crippen MR) is 93.9 cm³/mol. The van der Waals surface area contributed by atoms with E-state index in [0.29, 0.717) is 22.0 Å². The minimum absolute atomic E-state index is 0.157. The van der Waals surface area contributed by atoms with Crippen LogP contribution in [0.15, 0.2) is 48.5 Å². The van der Waals surface area contributed by atoms with Crippen LogP contribution in [0.2, 0.25) is 5.02 Å². The molecule has 0 aliphatic carbocycles. The van der Waals surface area contributed by atoms with Crippen LogP contribution < -0.4 is 10.6 Å². The van der Waals surface area contributed by atoms with E-state index in [-0.39, 0.29) is 11.8 Å². The average molecular weight is 331 g/mol. The second-order valence-electron chi connectivity index (χ2n) is 6.21. The van der Waals surface area contributed by atoms with E-state index in [9.17, 15) is 9.59 Å². The highest BCUT2D eigenvalue weighted by molar-refractivity contribution is 6.31. The van der Waals surface area contributed by atoms with Crippen LogP contribution in [-0.4, -0.2) is 11.8 Å². The topological polar surface area (TPSA) is 58.2 Å². The first-order valence-electron chi connectivity index (χ1n) is 7.25. The van der Waals surface area contributed by atoms with Gasteiger partial charge in [0.15, 0.2) is 0 Å². The van der Waals surface area contributed by atoms with E-state index in [1.807, 2.05) is 26.8 Å². The van der Waals surface area contributed by atoms with Crippen LogP contribution in [0.4, 0.5) is 11.4 Å². The van der Waals surface area contributed by atoms with Gasteiger partial charge in [0.2, 0.25) is 5.91 Å². The zero-order valence-electron chi connectivity index (χ0n) is 13.3. The third-order valence-electron chi connectivity index (χ3n) is 3.20. The van der Waals surface area contributed by atoms with Gasteiger partial charge in [-0.2, -0.15) is 0 Å². The fourth-order valence-electron chi connectivity index (χ4n) is 1.82. The number of carbonyl (C=O) groups is 2. The van der Waals surface area contributed by atoms with Crippen molar-refractivity contribution in [3.8, 4) is 0 Å². The Bertz CT molecular complexity index is 722. The van der Waals surface area contributed by atoms with E-state index in [1.54, 1.807) is 42.5 Å². The van der Waals surface area contributed by atoms with Crippen molar-refractivity contribution in [2.24, 2.45) is 5.41 Å². The Labute approximate surface area is 140 Å². The maximum absolute atomic E-state index is 12.3. The lowest BCUT2D eigenvalue weighted by atomic mass is 9.95. The average Bonchev–Trinajstić information content (AvgIpc) is 2.49. The fraction of sp³-hybridized carbons (Fsp3) is 0.222. The second-order valence-corrected chi connectivity index (χ2v) is 6.65. The first kappa shape index (κ1) is 17.0. The second kappa shape index (κ2) is 6.84. The number of halogens is 1. The molecule has 5 heteroatoms. The number of hydrogen-bond acceptors (Lipinski definition) is 2. The van der Waals surface area contributed by atoms with Crippen molar-refractivity contribution in [3.05, 3.63) is 59.1 Å². The molecule has 0 saturated carbocycles. The first-order valence-corrected chi connectivity index (χ1v) is 7.62. The molecule has 0 atom stereocenters. The summed E-state index contributed by atoms with van der Waals surface area (Å²) in [4.78, 5) is 24.5. The van der Waals surface area contributed by atoms with Gasteiger partial charge in [-0.25, -0.2) is 0 Å². The third-order valence-corrected chi connectivity index (χ3v) is 3.43. The summed E-state index contributed by atoms with van der Waals surface area (Å²) >= 11 is 6.00. The lowest BCUT2D eigenvalue weighted by Crippen LogP contribution is -2.28. The number of anilines is 2. The molecule has 0 heterocycles. The summed E-state index contributed by atoms with van der Waals surface area (Å²) < 4.78 is 0. The van der Waals surface area contributed by atoms with Gasteiger partial charge in [-0.05, 0) is 30.3 Å². The highest BCUT2D eigenvalue weighted by Crippen LogP contribution is 2.28. The highest BCUT2D eigenvalue weighted by Gasteiger charge is 2.22. The Morgan fingerprint density at radius 3 is 2.17 bits per heavy atom. The van der Waals surface area contributed by atoms with Gasteiger partial charge >= 0.3 is 0 Å². The van der Waals surface area contributed by atoms with Crippen molar-refractivity contribution >= 4 is 34.8 Å². The zero-order chi connectivity index (χ0) is 17.0. The van der Waals surface area contributed by atoms with Gasteiger partial charge in [0.1, 0.15) is 0 Å². The van der Waals surface area contributed by atoms with Gasteiger partial charge in [0, 0.05) is 16.0 Å². The van der Waals surface area contributed by atoms with Crippen LogP contribution in [0.1, 0.15) is 31.1 Å². The summed E-state index contributed by atoms with van der Waals surface area (Å²) in [5.74, 6) is -0.408. The van der Waals surface area contributed by atoms with Gasteiger partial charge in [0.05, 0.1) is 11.4 Å². The number of carbonyl (C=O) groups excluding carboxylic acids is 2. The Morgan fingerprint density at radius 1 is 0.913 bits per heavy atom. The Hall–Kier alpha value is -2.33. The molecule has 2 rings (SSSR count). The quantitative estimate of drug-likeness (QED) is 0.865. The molecule has 0 unspecified atom stereocenters. The molecular weight excluding hydrogens is 312 g/mol. The summed E-state index contributed by atoms with van der Waals surface area (Å²) in [5, 5.41) is 6.09. The SMILES string of the molecule is CC(C)(C)C(=O)Nc1cc(Cl)ccc1NC(=O)c1ccccc1. The maximum Gasteiger partial charge on any atom is 0.255 e. The first-order chi connectivity index (χ1) is 10.8. The molecule has 23 heavy (non-hydrogen) atoms. The smallest absolute Gasteiger partial charge is 0.255 e. The number of rotatable bonds is 3. The summed E-state index contributed by atoms with van der Waals surface area (Å²) in [7, 11) is 0. The maximum atomic E-state index is 12.3. The molecule has 2 aromatic rings. The molecule has 0 aliphatic heterocycles. The van der Waals surface area contributed by atoms with Crippen molar-refractivity contribution in [1.82, 2.24) is 0 Å². The van der Waals surface area contributed by atoms with Crippen LogP contribution in [0.5, 0.6) is 0 Å². The Balaban J connectivity index is 2.25. The van der Waals surface area contributed by atoms with Crippen molar-refractivity contribution in [1.29, 1.82) is 0 Å². The van der Waals surface area contributed by atoms with E-state index >= 15 is 0 Å². The van der Waals surface area contributed by atoms with Gasteiger partial charge in [-0.15, -0.1) is 0 Å². The minimum Gasteiger partial charge on any atom is -0.324 e. The van der Waals surface area contributed by atoms with Crippen molar-refractivity contribution in [2.45, 2.75) is 20.8 Å². The molecule has 2 N–H and O–H groups in total. The van der Waals surface area contributed by atoms with Gasteiger partial charge in [-0.1, -0.05) is 50.6 Å². The number of amides is 2. The van der Waals surface area contributed by atoms with Crippen molar-refractivity contribution in [3.63, 3.8) is 0 Å². The molecule has 120 valence electrons. The highest BCUT2D eigenvalue weighted by atomic mass is 35.5. The van der Waals surface area contributed by atoms with Crippen LogP contribution in [0, 0.1) is 5.41 Å². The molecule has 0 aliphatic rings. The zero-order valence-corrected chi connectivity index (χ0v) is 14.1. The molecule has 0 radical (unpaired) electrons. The summed E-state index contributed by atoms with van der Waals surface area (Å²) in [6, 6.07) is 13.8. The molecule has 0 saturated heterocycles. The summed E-state index contributed by atoms with van der Waals surface area (Å²) in [6.07, 6.45) is 0. The van der Waals surface area contributed by atoms with Gasteiger partial charge < -0.3 is 10.6 Å². The molecule has 0 spiro atoms. The lowest BCUT2D eigenvalue weighted by Gasteiger charge is -2.20. The Morgan fingerprint density at radius 2 is 1.57 bits per heavy atom. The van der Waals surface area contributed by atoms with E-state index < -0.39 is 5.41 Å². The lowest BCUT2D eigenvalue weighted by molar-refractivity contribution is -0.123. The monoisotopic (exact) mass is 330 g/mol. The van der Waals surface area contributed by atoms with Gasteiger partial charge in [-0.3, -0.25) is 9.59 Å². The molecule has 2 aromatic carbocycles. The summed E-state index contributed by atoms with van der Waals surface area (Å²) in [6.45, 7) is 5.44. The largest absolute Gasteiger partial charge is 0.324 e. The molecular formula is C18H19ClN2O2. The van der Waals surface area contributed by atoms with Crippen LogP contribution in [0.25, 0.3) is 0 Å². The summed E-state index contributed by atoms with van der Waals surface area (Å²) in [5.41, 5.74) is 0.960. The van der Waals surface area contributed by atoms with E-state index in [2.05, 4.69) is 10.6 Å². The van der Waals surface area contributed by atoms with E-state index in [1.165, 1.54) is 0 Å². The molecule has 4 nitrogen and oxygen atoms in total. The molecule has 0 bridgehead atoms. The number of benzene rings is 2. The standard InChI is InChI=1S/C18H19ClN2O2/c1-18(2,3)17(23)21-15-11-13(19)9-10-14(15)20-16(22)12-7-5-4-6-8-12/h4-11H,1-3H3,(H,20,22)(H,21,23). The minimum atomic E-state index is -0.553. The van der Waals surface area contributed by atoms with Crippen molar-refractivity contribution in [2.75, 3.05) is 10.6 Å². The normalized spacial score (nSPS) is 11.0. The van der Waals surface area contributed by atoms with Gasteiger partial charge in [0.25, 0.3) is 5.91 Å².